The van der Waals surface area contributed by atoms with E-state index in [2.05, 4.69) is 18.7 Å². The molecule has 3 aliphatic rings. The molecule has 0 aromatic rings. The van der Waals surface area contributed by atoms with Crippen LogP contribution in [0.5, 0.6) is 0 Å². The normalized spacial score (nSPS) is 42.5. The van der Waals surface area contributed by atoms with Crippen LogP contribution in [-0.4, -0.2) is 29.6 Å². The van der Waals surface area contributed by atoms with Crippen LogP contribution in [0.4, 0.5) is 0 Å². The number of hydrogen-bond acceptors (Lipinski definition) is 2. The molecule has 0 spiro atoms. The summed E-state index contributed by atoms with van der Waals surface area (Å²) < 4.78 is 0. The fourth-order valence-corrected chi connectivity index (χ4v) is 2.89. The van der Waals surface area contributed by atoms with Gasteiger partial charge in [-0.05, 0) is 39.0 Å². The Kier molecular flexibility index (Phi) is 2.13. The highest BCUT2D eigenvalue weighted by atomic mass is 15.2. The minimum absolute atomic E-state index is 0.458. The molecule has 3 fully saturated rings. The van der Waals surface area contributed by atoms with Gasteiger partial charge in [0.05, 0.1) is 0 Å². The molecule has 2 N–H and O–H groups in total. The van der Waals surface area contributed by atoms with Crippen LogP contribution >= 0.6 is 0 Å². The predicted molar refractivity (Wildman–Crippen MR) is 50.9 cm³/mol. The topological polar surface area (TPSA) is 29.3 Å². The molecule has 0 aromatic carbocycles. The van der Waals surface area contributed by atoms with Gasteiger partial charge in [-0.2, -0.15) is 0 Å². The van der Waals surface area contributed by atoms with Crippen LogP contribution in [0.1, 0.15) is 33.1 Å². The van der Waals surface area contributed by atoms with Crippen molar-refractivity contribution >= 4 is 0 Å². The minimum atomic E-state index is 0.458. The lowest BCUT2D eigenvalue weighted by Crippen LogP contribution is -2.60. The summed E-state index contributed by atoms with van der Waals surface area (Å²) in [6.07, 6.45) is 4.03. The number of rotatable bonds is 1. The van der Waals surface area contributed by atoms with E-state index in [1.165, 1.54) is 25.8 Å². The van der Waals surface area contributed by atoms with E-state index < -0.39 is 0 Å². The standard InChI is InChI=1S/C10H20N2/c1-7(2)12-6-8-3-4-10(12)9(11)5-8/h7-10H,3-6,11H2,1-2H3/t8-,9-,10+/m0/s1. The second-order valence-electron chi connectivity index (χ2n) is 4.70. The lowest BCUT2D eigenvalue weighted by Gasteiger charge is -2.50. The smallest absolute Gasteiger partial charge is 0.0250 e. The summed E-state index contributed by atoms with van der Waals surface area (Å²) in [4.78, 5) is 2.60. The molecule has 1 aliphatic carbocycles. The molecule has 3 atom stereocenters. The molecule has 1 saturated carbocycles. The van der Waals surface area contributed by atoms with Crippen LogP contribution in [0.2, 0.25) is 0 Å². The highest BCUT2D eigenvalue weighted by Crippen LogP contribution is 2.35. The van der Waals surface area contributed by atoms with Crippen LogP contribution in [0.15, 0.2) is 0 Å². The first kappa shape index (κ1) is 8.52. The Morgan fingerprint density at radius 2 is 2.08 bits per heavy atom. The number of nitrogens with zero attached hydrogens (tertiary/aromatic N) is 1. The van der Waals surface area contributed by atoms with E-state index in [1.54, 1.807) is 0 Å². The maximum atomic E-state index is 6.11. The van der Waals surface area contributed by atoms with Crippen LogP contribution in [0.25, 0.3) is 0 Å². The molecule has 2 aliphatic heterocycles. The molecule has 2 saturated heterocycles. The molecule has 2 nitrogen and oxygen atoms in total. The van der Waals surface area contributed by atoms with Gasteiger partial charge >= 0.3 is 0 Å². The average molecular weight is 168 g/mol. The number of piperidine rings is 2. The SMILES string of the molecule is CC(C)N1C[C@H]2CC[C@@H]1[C@@H](N)C2. The third-order valence-corrected chi connectivity index (χ3v) is 3.53. The van der Waals surface area contributed by atoms with Crippen molar-refractivity contribution in [3.8, 4) is 0 Å². The van der Waals surface area contributed by atoms with Gasteiger partial charge in [0.25, 0.3) is 0 Å². The first-order chi connectivity index (χ1) is 5.68. The van der Waals surface area contributed by atoms with Crippen LogP contribution in [-0.2, 0) is 0 Å². The second-order valence-corrected chi connectivity index (χ2v) is 4.70. The molecule has 12 heavy (non-hydrogen) atoms. The maximum absolute atomic E-state index is 6.11. The molecule has 2 heterocycles. The Balaban J connectivity index is 2.09. The molecular weight excluding hydrogens is 148 g/mol. The first-order valence-corrected chi connectivity index (χ1v) is 5.20. The van der Waals surface area contributed by atoms with E-state index in [1.807, 2.05) is 0 Å². The Labute approximate surface area is 75.1 Å². The Bertz CT molecular complexity index is 167. The zero-order valence-electron chi connectivity index (χ0n) is 8.16. The van der Waals surface area contributed by atoms with E-state index in [-0.39, 0.29) is 0 Å². The van der Waals surface area contributed by atoms with Gasteiger partial charge in [0, 0.05) is 24.7 Å². The average Bonchev–Trinajstić information content (AvgIpc) is 2.04. The van der Waals surface area contributed by atoms with Gasteiger partial charge in [0.2, 0.25) is 0 Å². The largest absolute Gasteiger partial charge is 0.326 e. The van der Waals surface area contributed by atoms with Crippen molar-refractivity contribution in [2.24, 2.45) is 11.7 Å². The fourth-order valence-electron chi connectivity index (χ4n) is 2.89. The van der Waals surface area contributed by atoms with Gasteiger partial charge in [-0.3, -0.25) is 4.90 Å². The van der Waals surface area contributed by atoms with Crippen LogP contribution < -0.4 is 5.73 Å². The van der Waals surface area contributed by atoms with Crippen LogP contribution in [0.3, 0.4) is 0 Å². The third-order valence-electron chi connectivity index (χ3n) is 3.53. The van der Waals surface area contributed by atoms with E-state index in [9.17, 15) is 0 Å². The molecule has 70 valence electrons. The molecule has 2 heteroatoms. The number of fused-ring (bicyclic) bond motifs is 3. The maximum Gasteiger partial charge on any atom is 0.0250 e. The highest BCUT2D eigenvalue weighted by Gasteiger charge is 2.39. The van der Waals surface area contributed by atoms with Gasteiger partial charge in [0.1, 0.15) is 0 Å². The van der Waals surface area contributed by atoms with Crippen molar-refractivity contribution < 1.29 is 0 Å². The van der Waals surface area contributed by atoms with Crippen molar-refractivity contribution in [1.29, 1.82) is 0 Å². The van der Waals surface area contributed by atoms with E-state index >= 15 is 0 Å². The van der Waals surface area contributed by atoms with Gasteiger partial charge < -0.3 is 5.73 Å². The highest BCUT2D eigenvalue weighted by molar-refractivity contribution is 4.96. The lowest BCUT2D eigenvalue weighted by molar-refractivity contribution is 0.0101. The Hall–Kier alpha value is -0.0800. The minimum Gasteiger partial charge on any atom is -0.326 e. The predicted octanol–water partition coefficient (Wildman–Crippen LogP) is 1.21. The zero-order chi connectivity index (χ0) is 8.72. The van der Waals surface area contributed by atoms with Crippen molar-refractivity contribution in [1.82, 2.24) is 4.90 Å². The second kappa shape index (κ2) is 3.00. The van der Waals surface area contributed by atoms with E-state index in [4.69, 9.17) is 5.73 Å². The summed E-state index contributed by atoms with van der Waals surface area (Å²) in [5.41, 5.74) is 6.11. The summed E-state index contributed by atoms with van der Waals surface area (Å²) >= 11 is 0. The number of hydrogen-bond donors (Lipinski definition) is 1. The summed E-state index contributed by atoms with van der Waals surface area (Å²) in [6, 6.07) is 1.83. The van der Waals surface area contributed by atoms with Crippen molar-refractivity contribution in [3.63, 3.8) is 0 Å². The van der Waals surface area contributed by atoms with E-state index in [0.717, 1.165) is 5.92 Å². The quantitative estimate of drug-likeness (QED) is 0.637. The monoisotopic (exact) mass is 168 g/mol. The van der Waals surface area contributed by atoms with Gasteiger partial charge in [-0.25, -0.2) is 0 Å². The summed E-state index contributed by atoms with van der Waals surface area (Å²) in [5.74, 6) is 0.896. The van der Waals surface area contributed by atoms with Gasteiger partial charge in [-0.1, -0.05) is 0 Å². The van der Waals surface area contributed by atoms with Crippen LogP contribution in [0, 0.1) is 5.92 Å². The summed E-state index contributed by atoms with van der Waals surface area (Å²) in [5, 5.41) is 0. The Morgan fingerprint density at radius 3 is 2.50 bits per heavy atom. The molecule has 3 rings (SSSR count). The first-order valence-electron chi connectivity index (χ1n) is 5.20. The molecule has 0 amide bonds. The van der Waals surface area contributed by atoms with Gasteiger partial charge in [-0.15, -0.1) is 0 Å². The Morgan fingerprint density at radius 1 is 1.33 bits per heavy atom. The van der Waals surface area contributed by atoms with E-state index in [0.29, 0.717) is 18.1 Å². The summed E-state index contributed by atoms with van der Waals surface area (Å²) in [6.45, 7) is 5.87. The molecule has 0 aromatic heterocycles. The van der Waals surface area contributed by atoms with Crippen molar-refractivity contribution in [2.45, 2.75) is 51.2 Å². The third kappa shape index (κ3) is 1.27. The van der Waals surface area contributed by atoms with Crippen molar-refractivity contribution in [2.75, 3.05) is 6.54 Å². The zero-order valence-corrected chi connectivity index (χ0v) is 8.16. The molecular formula is C10H20N2. The molecule has 2 bridgehead atoms. The van der Waals surface area contributed by atoms with Gasteiger partial charge in [0.15, 0.2) is 0 Å². The molecule has 0 radical (unpaired) electrons. The summed E-state index contributed by atoms with van der Waals surface area (Å²) in [7, 11) is 0. The molecule has 0 unspecified atom stereocenters. The van der Waals surface area contributed by atoms with Crippen molar-refractivity contribution in [3.05, 3.63) is 0 Å². The number of nitrogens with two attached hydrogens (primary N) is 1. The fraction of sp³-hybridized carbons (Fsp3) is 1.00. The lowest BCUT2D eigenvalue weighted by atomic mass is 9.76.